The molecule has 0 heterocycles. The number of hydrogen-bond donors (Lipinski definition) is 2. The Kier molecular flexibility index (Phi) is 5.73. The quantitative estimate of drug-likeness (QED) is 0.624. The number of aliphatic hydroxyl groups excluding tert-OH is 1. The van der Waals surface area contributed by atoms with Gasteiger partial charge in [-0.25, -0.2) is 0 Å². The van der Waals surface area contributed by atoms with Gasteiger partial charge in [-0.05, 0) is 36.6 Å². The average Bonchev–Trinajstić information content (AvgIpc) is 2.31. The molecule has 17 heavy (non-hydrogen) atoms. The van der Waals surface area contributed by atoms with Gasteiger partial charge in [-0.15, -0.1) is 0 Å². The number of aliphatic hydroxyl groups is 1. The Morgan fingerprint density at radius 2 is 2.29 bits per heavy atom. The molecule has 0 spiro atoms. The van der Waals surface area contributed by atoms with Crippen molar-refractivity contribution in [2.75, 3.05) is 13.2 Å². The molecule has 1 rings (SSSR count). The largest absolute Gasteiger partial charge is 0.396 e. The maximum atomic E-state index is 11.3. The third kappa shape index (κ3) is 5.02. The summed E-state index contributed by atoms with van der Waals surface area (Å²) in [6, 6.07) is 5.62. The number of benzene rings is 1. The fourth-order valence-corrected chi connectivity index (χ4v) is 1.42. The van der Waals surface area contributed by atoms with Crippen molar-refractivity contribution in [3.63, 3.8) is 0 Å². The maximum absolute atomic E-state index is 11.3. The predicted octanol–water partition coefficient (Wildman–Crippen LogP) is 2.16. The lowest BCUT2D eigenvalue weighted by Crippen LogP contribution is -2.22. The zero-order valence-electron chi connectivity index (χ0n) is 9.74. The topological polar surface area (TPSA) is 49.3 Å². The van der Waals surface area contributed by atoms with Crippen molar-refractivity contribution >= 4 is 23.6 Å². The molecular weight excluding hydrogens is 238 g/mol. The lowest BCUT2D eigenvalue weighted by molar-refractivity contribution is -0.116. The molecule has 92 valence electrons. The molecule has 0 aliphatic carbocycles. The highest BCUT2D eigenvalue weighted by atomic mass is 35.5. The maximum Gasteiger partial charge on any atom is 0.244 e. The number of rotatable bonds is 5. The van der Waals surface area contributed by atoms with Crippen molar-refractivity contribution in [1.82, 2.24) is 5.32 Å². The van der Waals surface area contributed by atoms with E-state index in [9.17, 15) is 4.79 Å². The van der Waals surface area contributed by atoms with Crippen molar-refractivity contribution in [1.29, 1.82) is 0 Å². The van der Waals surface area contributed by atoms with Crippen LogP contribution < -0.4 is 5.32 Å². The second-order valence-electron chi connectivity index (χ2n) is 3.71. The van der Waals surface area contributed by atoms with E-state index < -0.39 is 0 Å². The highest BCUT2D eigenvalue weighted by Crippen LogP contribution is 2.17. The van der Waals surface area contributed by atoms with E-state index in [1.54, 1.807) is 6.08 Å². The van der Waals surface area contributed by atoms with E-state index in [0.29, 0.717) is 18.0 Å². The molecule has 3 nitrogen and oxygen atoms in total. The first-order valence-electron chi connectivity index (χ1n) is 5.46. The summed E-state index contributed by atoms with van der Waals surface area (Å²) in [7, 11) is 0. The lowest BCUT2D eigenvalue weighted by Gasteiger charge is -2.00. The molecule has 0 fully saturated rings. The predicted molar refractivity (Wildman–Crippen MR) is 69.9 cm³/mol. The number of amides is 1. The molecular formula is C13H16ClNO2. The summed E-state index contributed by atoms with van der Waals surface area (Å²) in [5, 5.41) is 11.9. The van der Waals surface area contributed by atoms with Gasteiger partial charge in [0, 0.05) is 24.3 Å². The van der Waals surface area contributed by atoms with Crippen LogP contribution in [0.2, 0.25) is 5.02 Å². The molecule has 0 aromatic heterocycles. The van der Waals surface area contributed by atoms with Gasteiger partial charge in [0.1, 0.15) is 0 Å². The number of carbonyl (C=O) groups excluding carboxylic acids is 1. The van der Waals surface area contributed by atoms with Crippen molar-refractivity contribution in [2.45, 2.75) is 13.3 Å². The van der Waals surface area contributed by atoms with E-state index in [-0.39, 0.29) is 12.5 Å². The highest BCUT2D eigenvalue weighted by molar-refractivity contribution is 6.31. The van der Waals surface area contributed by atoms with Crippen LogP contribution in [0.3, 0.4) is 0 Å². The van der Waals surface area contributed by atoms with Gasteiger partial charge in [-0.2, -0.15) is 0 Å². The first kappa shape index (κ1) is 13.7. The van der Waals surface area contributed by atoms with Crippen molar-refractivity contribution < 1.29 is 9.90 Å². The minimum atomic E-state index is -0.171. The average molecular weight is 254 g/mol. The Hall–Kier alpha value is -1.32. The molecule has 0 atom stereocenters. The third-order valence-electron chi connectivity index (χ3n) is 2.26. The van der Waals surface area contributed by atoms with Crippen molar-refractivity contribution in [3.8, 4) is 0 Å². The molecule has 0 unspecified atom stereocenters. The summed E-state index contributed by atoms with van der Waals surface area (Å²) >= 11 is 5.97. The molecule has 1 aromatic carbocycles. The minimum absolute atomic E-state index is 0.0809. The normalized spacial score (nSPS) is 10.8. The van der Waals surface area contributed by atoms with E-state index in [2.05, 4.69) is 5.32 Å². The summed E-state index contributed by atoms with van der Waals surface area (Å²) < 4.78 is 0. The van der Waals surface area contributed by atoms with Gasteiger partial charge in [0.05, 0.1) is 0 Å². The smallest absolute Gasteiger partial charge is 0.244 e. The lowest BCUT2D eigenvalue weighted by atomic mass is 10.1. The van der Waals surface area contributed by atoms with Crippen LogP contribution in [0, 0.1) is 6.92 Å². The number of aryl methyl sites for hydroxylation is 1. The summed E-state index contributed by atoms with van der Waals surface area (Å²) in [6.07, 6.45) is 3.73. The van der Waals surface area contributed by atoms with Crippen LogP contribution in [0.15, 0.2) is 24.3 Å². The van der Waals surface area contributed by atoms with Crippen LogP contribution in [0.25, 0.3) is 6.08 Å². The van der Waals surface area contributed by atoms with Crippen LogP contribution in [-0.2, 0) is 4.79 Å². The molecule has 0 aliphatic heterocycles. The highest BCUT2D eigenvalue weighted by Gasteiger charge is 1.97. The summed E-state index contributed by atoms with van der Waals surface area (Å²) in [6.45, 7) is 2.49. The van der Waals surface area contributed by atoms with Crippen molar-refractivity contribution in [2.24, 2.45) is 0 Å². The Morgan fingerprint density at radius 1 is 1.53 bits per heavy atom. The zero-order chi connectivity index (χ0) is 12.7. The second kappa shape index (κ2) is 7.09. The Morgan fingerprint density at radius 3 is 2.94 bits per heavy atom. The SMILES string of the molecule is Cc1ccc(/C=C/C(=O)NCCCO)cc1Cl. The van der Waals surface area contributed by atoms with Gasteiger partial charge < -0.3 is 10.4 Å². The second-order valence-corrected chi connectivity index (χ2v) is 4.12. The molecule has 2 N–H and O–H groups in total. The van der Waals surface area contributed by atoms with E-state index >= 15 is 0 Å². The molecule has 0 saturated heterocycles. The summed E-state index contributed by atoms with van der Waals surface area (Å²) in [5.74, 6) is -0.171. The number of carbonyl (C=O) groups is 1. The van der Waals surface area contributed by atoms with Gasteiger partial charge in [0.2, 0.25) is 5.91 Å². The number of hydrogen-bond acceptors (Lipinski definition) is 2. The zero-order valence-corrected chi connectivity index (χ0v) is 10.5. The van der Waals surface area contributed by atoms with Crippen LogP contribution in [0.5, 0.6) is 0 Å². The Labute approximate surface area is 106 Å². The first-order chi connectivity index (χ1) is 8.13. The van der Waals surface area contributed by atoms with E-state index in [0.717, 1.165) is 11.1 Å². The van der Waals surface area contributed by atoms with E-state index in [1.165, 1.54) is 6.08 Å². The fourth-order valence-electron chi connectivity index (χ4n) is 1.23. The monoisotopic (exact) mass is 253 g/mol. The molecule has 1 aromatic rings. The van der Waals surface area contributed by atoms with Crippen LogP contribution in [-0.4, -0.2) is 24.2 Å². The van der Waals surface area contributed by atoms with Gasteiger partial charge in [-0.3, -0.25) is 4.79 Å². The minimum Gasteiger partial charge on any atom is -0.396 e. The Balaban J connectivity index is 2.52. The van der Waals surface area contributed by atoms with E-state index in [4.69, 9.17) is 16.7 Å². The summed E-state index contributed by atoms with van der Waals surface area (Å²) in [5.41, 5.74) is 1.90. The number of halogens is 1. The third-order valence-corrected chi connectivity index (χ3v) is 2.66. The van der Waals surface area contributed by atoms with Crippen LogP contribution in [0.1, 0.15) is 17.5 Å². The van der Waals surface area contributed by atoms with Gasteiger partial charge in [0.25, 0.3) is 0 Å². The molecule has 0 bridgehead atoms. The van der Waals surface area contributed by atoms with Gasteiger partial charge in [0.15, 0.2) is 0 Å². The van der Waals surface area contributed by atoms with Crippen LogP contribution in [0.4, 0.5) is 0 Å². The van der Waals surface area contributed by atoms with Gasteiger partial charge in [-0.1, -0.05) is 23.7 Å². The fraction of sp³-hybridized carbons (Fsp3) is 0.308. The first-order valence-corrected chi connectivity index (χ1v) is 5.84. The van der Waals surface area contributed by atoms with Gasteiger partial charge >= 0.3 is 0 Å². The number of nitrogens with one attached hydrogen (secondary N) is 1. The molecule has 0 radical (unpaired) electrons. The molecule has 1 amide bonds. The molecule has 0 aliphatic rings. The van der Waals surface area contributed by atoms with Crippen molar-refractivity contribution in [3.05, 3.63) is 40.4 Å². The standard InChI is InChI=1S/C13H16ClNO2/c1-10-3-4-11(9-12(10)14)5-6-13(17)15-7-2-8-16/h3-6,9,16H,2,7-8H2,1H3,(H,15,17)/b6-5+. The molecule has 4 heteroatoms. The van der Waals surface area contributed by atoms with E-state index in [1.807, 2.05) is 25.1 Å². The Bertz CT molecular complexity index is 416. The molecule has 0 saturated carbocycles. The summed E-state index contributed by atoms with van der Waals surface area (Å²) in [4.78, 5) is 11.3. The van der Waals surface area contributed by atoms with Crippen LogP contribution >= 0.6 is 11.6 Å².